The number of amidine groups is 1. The number of methoxy groups -OCH3 is 1. The lowest BCUT2D eigenvalue weighted by molar-refractivity contribution is -0.122. The quantitative estimate of drug-likeness (QED) is 0.662. The molecule has 0 saturated carbocycles. The number of nitrogens with one attached hydrogen (secondary N) is 1. The molecule has 172 valence electrons. The van der Waals surface area contributed by atoms with Crippen LogP contribution in [0, 0.1) is 13.8 Å². The molecule has 0 atom stereocenters. The standard InChI is InChI=1S/C26H29N3O4/c1-17-8-10-20(13-18(17)2)27-25(30)16-33-22-11-9-19(15-23(22)32-3)14-21-26(31)29-12-6-4-5-7-24(29)28-21/h8-11,13-15H,4-7,12,16H2,1-3H3,(H,27,30)/b21-14+. The van der Waals surface area contributed by atoms with Crippen molar-refractivity contribution in [3.63, 3.8) is 0 Å². The largest absolute Gasteiger partial charge is 0.493 e. The van der Waals surface area contributed by atoms with Gasteiger partial charge in [-0.1, -0.05) is 18.6 Å². The highest BCUT2D eigenvalue weighted by Gasteiger charge is 2.30. The van der Waals surface area contributed by atoms with E-state index in [0.717, 1.165) is 54.9 Å². The van der Waals surface area contributed by atoms with Gasteiger partial charge in [0.05, 0.1) is 7.11 Å². The highest BCUT2D eigenvalue weighted by molar-refractivity contribution is 6.14. The van der Waals surface area contributed by atoms with Crippen LogP contribution in [0.5, 0.6) is 11.5 Å². The van der Waals surface area contributed by atoms with Gasteiger partial charge in [0.2, 0.25) is 0 Å². The summed E-state index contributed by atoms with van der Waals surface area (Å²) in [5.74, 6) is 1.50. The number of amides is 2. The Morgan fingerprint density at radius 2 is 1.94 bits per heavy atom. The van der Waals surface area contributed by atoms with Crippen molar-refractivity contribution in [2.45, 2.75) is 39.5 Å². The summed E-state index contributed by atoms with van der Waals surface area (Å²) in [4.78, 5) is 31.4. The van der Waals surface area contributed by atoms with Crippen molar-refractivity contribution in [1.29, 1.82) is 0 Å². The molecule has 0 spiro atoms. The Kier molecular flexibility index (Phi) is 6.77. The van der Waals surface area contributed by atoms with Gasteiger partial charge in [-0.15, -0.1) is 0 Å². The van der Waals surface area contributed by atoms with Crippen molar-refractivity contribution >= 4 is 29.4 Å². The lowest BCUT2D eigenvalue weighted by atomic mass is 10.1. The molecule has 0 radical (unpaired) electrons. The van der Waals surface area contributed by atoms with E-state index in [0.29, 0.717) is 17.2 Å². The van der Waals surface area contributed by atoms with E-state index in [1.165, 1.54) is 5.56 Å². The third kappa shape index (κ3) is 5.25. The highest BCUT2D eigenvalue weighted by Crippen LogP contribution is 2.30. The average Bonchev–Trinajstić information content (AvgIpc) is 2.95. The van der Waals surface area contributed by atoms with Crippen LogP contribution in [0.1, 0.15) is 42.4 Å². The van der Waals surface area contributed by atoms with Crippen LogP contribution < -0.4 is 14.8 Å². The van der Waals surface area contributed by atoms with Gasteiger partial charge >= 0.3 is 0 Å². The van der Waals surface area contributed by atoms with Gasteiger partial charge in [0.15, 0.2) is 18.1 Å². The first-order valence-corrected chi connectivity index (χ1v) is 11.2. The van der Waals surface area contributed by atoms with Crippen LogP contribution >= 0.6 is 0 Å². The third-order valence-electron chi connectivity index (χ3n) is 5.95. The number of aryl methyl sites for hydroxylation is 2. The van der Waals surface area contributed by atoms with Crippen molar-refractivity contribution in [1.82, 2.24) is 4.90 Å². The maximum Gasteiger partial charge on any atom is 0.277 e. The molecule has 2 aliphatic heterocycles. The zero-order valence-corrected chi connectivity index (χ0v) is 19.3. The molecule has 7 heteroatoms. The number of hydrogen-bond acceptors (Lipinski definition) is 5. The van der Waals surface area contributed by atoms with Crippen molar-refractivity contribution in [3.05, 3.63) is 58.8 Å². The maximum atomic E-state index is 12.7. The van der Waals surface area contributed by atoms with Crippen molar-refractivity contribution in [3.8, 4) is 11.5 Å². The van der Waals surface area contributed by atoms with Crippen molar-refractivity contribution in [2.24, 2.45) is 4.99 Å². The van der Waals surface area contributed by atoms with Crippen LogP contribution in [0.25, 0.3) is 6.08 Å². The topological polar surface area (TPSA) is 80.2 Å². The van der Waals surface area contributed by atoms with E-state index in [1.807, 2.05) is 38.1 Å². The van der Waals surface area contributed by atoms with E-state index in [1.54, 1.807) is 30.2 Å². The second-order valence-corrected chi connectivity index (χ2v) is 8.37. The van der Waals surface area contributed by atoms with Crippen LogP contribution in [0.15, 0.2) is 47.1 Å². The van der Waals surface area contributed by atoms with E-state index in [-0.39, 0.29) is 18.4 Å². The molecule has 2 amide bonds. The number of ether oxygens (including phenoxy) is 2. The van der Waals surface area contributed by atoms with E-state index >= 15 is 0 Å². The molecule has 0 aliphatic carbocycles. The second kappa shape index (κ2) is 9.90. The Balaban J connectivity index is 1.42. The molecule has 0 bridgehead atoms. The smallest absolute Gasteiger partial charge is 0.277 e. The zero-order valence-electron chi connectivity index (χ0n) is 19.3. The van der Waals surface area contributed by atoms with Gasteiger partial charge in [-0.3, -0.25) is 14.5 Å². The van der Waals surface area contributed by atoms with Crippen molar-refractivity contribution in [2.75, 3.05) is 25.6 Å². The summed E-state index contributed by atoms with van der Waals surface area (Å²) in [7, 11) is 1.54. The summed E-state index contributed by atoms with van der Waals surface area (Å²) >= 11 is 0. The highest BCUT2D eigenvalue weighted by atomic mass is 16.5. The minimum atomic E-state index is -0.258. The number of hydrogen-bond donors (Lipinski definition) is 1. The van der Waals surface area contributed by atoms with Gasteiger partial charge in [0.1, 0.15) is 11.5 Å². The number of benzene rings is 2. The molecular formula is C26H29N3O4. The predicted molar refractivity (Wildman–Crippen MR) is 129 cm³/mol. The van der Waals surface area contributed by atoms with E-state index in [2.05, 4.69) is 10.3 Å². The first-order chi connectivity index (χ1) is 15.9. The molecule has 2 heterocycles. The first kappa shape index (κ1) is 22.6. The maximum absolute atomic E-state index is 12.7. The molecule has 2 aromatic rings. The molecule has 4 rings (SSSR count). The fraction of sp³-hybridized carbons (Fsp3) is 0.346. The number of anilines is 1. The summed E-state index contributed by atoms with van der Waals surface area (Å²) < 4.78 is 11.1. The fourth-order valence-corrected chi connectivity index (χ4v) is 3.96. The third-order valence-corrected chi connectivity index (χ3v) is 5.95. The number of nitrogens with zero attached hydrogens (tertiary/aromatic N) is 2. The van der Waals surface area contributed by atoms with Gasteiger partial charge in [0, 0.05) is 18.7 Å². The first-order valence-electron chi connectivity index (χ1n) is 11.2. The molecule has 2 aromatic carbocycles. The van der Waals surface area contributed by atoms with E-state index in [9.17, 15) is 9.59 Å². The number of fused-ring (bicyclic) bond motifs is 1. The fourth-order valence-electron chi connectivity index (χ4n) is 3.96. The molecule has 0 aromatic heterocycles. The lowest BCUT2D eigenvalue weighted by Gasteiger charge is -2.14. The Bertz CT molecular complexity index is 1140. The minimum absolute atomic E-state index is 0.0470. The molecular weight excluding hydrogens is 418 g/mol. The van der Waals surface area contributed by atoms with Crippen molar-refractivity contribution < 1.29 is 19.1 Å². The molecule has 2 aliphatic rings. The van der Waals surface area contributed by atoms with Crippen LogP contribution in [-0.2, 0) is 9.59 Å². The Morgan fingerprint density at radius 3 is 2.73 bits per heavy atom. The summed E-state index contributed by atoms with van der Waals surface area (Å²) in [6.07, 6.45) is 5.80. The average molecular weight is 448 g/mol. The van der Waals surface area contributed by atoms with E-state index in [4.69, 9.17) is 9.47 Å². The molecule has 1 saturated heterocycles. The lowest BCUT2D eigenvalue weighted by Crippen LogP contribution is -2.31. The summed E-state index contributed by atoms with van der Waals surface area (Å²) in [5, 5.41) is 2.84. The van der Waals surface area contributed by atoms with Crippen LogP contribution in [0.3, 0.4) is 0 Å². The Morgan fingerprint density at radius 1 is 1.09 bits per heavy atom. The summed E-state index contributed by atoms with van der Waals surface area (Å²) in [5.41, 5.74) is 4.23. The van der Waals surface area contributed by atoms with Gasteiger partial charge in [0.25, 0.3) is 11.8 Å². The van der Waals surface area contributed by atoms with Crippen LogP contribution in [0.4, 0.5) is 5.69 Å². The second-order valence-electron chi connectivity index (χ2n) is 8.37. The minimum Gasteiger partial charge on any atom is -0.493 e. The molecule has 1 fully saturated rings. The van der Waals surface area contributed by atoms with Gasteiger partial charge < -0.3 is 14.8 Å². The summed E-state index contributed by atoms with van der Waals surface area (Å²) in [6, 6.07) is 11.1. The zero-order chi connectivity index (χ0) is 23.4. The normalized spacial score (nSPS) is 16.8. The molecule has 1 N–H and O–H groups in total. The molecule has 33 heavy (non-hydrogen) atoms. The number of aliphatic imine (C=N–C) groups is 1. The van der Waals surface area contributed by atoms with Crippen LogP contribution in [0.2, 0.25) is 0 Å². The predicted octanol–water partition coefficient (Wildman–Crippen LogP) is 4.49. The van der Waals surface area contributed by atoms with Gasteiger partial charge in [-0.05, 0) is 73.7 Å². The Hall–Kier alpha value is -3.61. The Labute approximate surface area is 194 Å². The summed E-state index contributed by atoms with van der Waals surface area (Å²) in [6.45, 7) is 4.61. The van der Waals surface area contributed by atoms with E-state index < -0.39 is 0 Å². The monoisotopic (exact) mass is 447 g/mol. The SMILES string of the molecule is COc1cc(/C=C2/N=C3CCCCCN3C2=O)ccc1OCC(=O)Nc1ccc(C)c(C)c1. The number of carbonyl (C=O) groups is 2. The van der Waals surface area contributed by atoms with Gasteiger partial charge in [-0.2, -0.15) is 0 Å². The van der Waals surface area contributed by atoms with Crippen LogP contribution in [-0.4, -0.2) is 42.8 Å². The molecule has 7 nitrogen and oxygen atoms in total. The van der Waals surface area contributed by atoms with Gasteiger partial charge in [-0.25, -0.2) is 4.99 Å². The molecule has 0 unspecified atom stereocenters. The number of carbonyl (C=O) groups excluding carboxylic acids is 2. The number of rotatable bonds is 6.